The van der Waals surface area contributed by atoms with E-state index >= 15 is 0 Å². The normalized spacial score (nSPS) is 21.2. The highest BCUT2D eigenvalue weighted by Gasteiger charge is 2.22. The lowest BCUT2D eigenvalue weighted by atomic mass is 10.1. The molecule has 1 N–H and O–H groups in total. The lowest BCUT2D eigenvalue weighted by Crippen LogP contribution is -2.49. The number of halogens is 2. The van der Waals surface area contributed by atoms with Crippen LogP contribution < -0.4 is 5.32 Å². The van der Waals surface area contributed by atoms with Crippen molar-refractivity contribution in [2.45, 2.75) is 12.6 Å². The van der Waals surface area contributed by atoms with Gasteiger partial charge in [-0.05, 0) is 24.7 Å². The molecule has 1 fully saturated rings. The third-order valence-corrected chi connectivity index (χ3v) is 3.53. The second-order valence-electron chi connectivity index (χ2n) is 4.49. The molecule has 1 aliphatic rings. The predicted octanol–water partition coefficient (Wildman–Crippen LogP) is 1.90. The lowest BCUT2D eigenvalue weighted by molar-refractivity contribution is -0.0103. The minimum atomic E-state index is -0.294. The maximum absolute atomic E-state index is 13.0. The quantitative estimate of drug-likeness (QED) is 0.906. The predicted molar refractivity (Wildman–Crippen MR) is 70.4 cm³/mol. The minimum absolute atomic E-state index is 0.294. The maximum Gasteiger partial charge on any atom is 0.124 e. The van der Waals surface area contributed by atoms with Crippen LogP contribution in [0.15, 0.2) is 18.2 Å². The Morgan fingerprint density at radius 2 is 2.39 bits per heavy atom. The Labute approximate surface area is 112 Å². The molecule has 100 valence electrons. The van der Waals surface area contributed by atoms with Crippen molar-refractivity contribution in [1.29, 1.82) is 0 Å². The van der Waals surface area contributed by atoms with Gasteiger partial charge in [0.15, 0.2) is 0 Å². The van der Waals surface area contributed by atoms with Crippen molar-refractivity contribution >= 4 is 11.6 Å². The maximum atomic E-state index is 13.0. The van der Waals surface area contributed by atoms with Crippen LogP contribution in [0.5, 0.6) is 0 Å². The van der Waals surface area contributed by atoms with E-state index in [-0.39, 0.29) is 5.82 Å². The zero-order valence-corrected chi connectivity index (χ0v) is 11.2. The molecule has 0 radical (unpaired) electrons. The van der Waals surface area contributed by atoms with Gasteiger partial charge in [-0.1, -0.05) is 17.7 Å². The van der Waals surface area contributed by atoms with E-state index < -0.39 is 0 Å². The summed E-state index contributed by atoms with van der Waals surface area (Å²) in [5.41, 5.74) is 0.959. The first-order valence-corrected chi connectivity index (χ1v) is 6.49. The fourth-order valence-corrected chi connectivity index (χ4v) is 2.42. The second-order valence-corrected chi connectivity index (χ2v) is 4.90. The summed E-state index contributed by atoms with van der Waals surface area (Å²) in [5.74, 6) is -0.294. The molecule has 5 heteroatoms. The van der Waals surface area contributed by atoms with Gasteiger partial charge in [-0.15, -0.1) is 0 Å². The Bertz CT molecular complexity index is 401. The summed E-state index contributed by atoms with van der Waals surface area (Å²) in [6.45, 7) is 3.94. The van der Waals surface area contributed by atoms with E-state index in [4.69, 9.17) is 16.3 Å². The van der Waals surface area contributed by atoms with E-state index in [1.807, 2.05) is 7.05 Å². The number of nitrogens with zero attached hydrogens (tertiary/aromatic N) is 1. The summed E-state index contributed by atoms with van der Waals surface area (Å²) in [7, 11) is 1.93. The van der Waals surface area contributed by atoms with Crippen LogP contribution in [-0.2, 0) is 11.3 Å². The minimum Gasteiger partial charge on any atom is -0.378 e. The fraction of sp³-hybridized carbons (Fsp3) is 0.538. The van der Waals surface area contributed by atoms with Gasteiger partial charge in [-0.3, -0.25) is 4.90 Å². The van der Waals surface area contributed by atoms with E-state index in [9.17, 15) is 4.39 Å². The SMILES string of the molecule is CNCC1COCCN1Cc1ccc(F)cc1Cl. The lowest BCUT2D eigenvalue weighted by Gasteiger charge is -2.35. The van der Waals surface area contributed by atoms with Crippen molar-refractivity contribution in [2.75, 3.05) is 33.4 Å². The van der Waals surface area contributed by atoms with Crippen molar-refractivity contribution < 1.29 is 9.13 Å². The number of ether oxygens (including phenoxy) is 1. The van der Waals surface area contributed by atoms with Crippen LogP contribution in [0.2, 0.25) is 5.02 Å². The molecule has 0 amide bonds. The number of likely N-dealkylation sites (N-methyl/N-ethyl adjacent to an activating group) is 1. The number of morpholine rings is 1. The third kappa shape index (κ3) is 3.42. The molecule has 1 aromatic carbocycles. The Morgan fingerprint density at radius 3 is 3.11 bits per heavy atom. The Kier molecular flexibility index (Phi) is 4.95. The van der Waals surface area contributed by atoms with Gasteiger partial charge in [-0.25, -0.2) is 4.39 Å². The second kappa shape index (κ2) is 6.48. The van der Waals surface area contributed by atoms with Crippen LogP contribution in [0, 0.1) is 5.82 Å². The summed E-state index contributed by atoms with van der Waals surface area (Å²) in [5, 5.41) is 3.65. The number of benzene rings is 1. The number of nitrogens with one attached hydrogen (secondary N) is 1. The highest BCUT2D eigenvalue weighted by Crippen LogP contribution is 2.20. The van der Waals surface area contributed by atoms with E-state index in [0.29, 0.717) is 11.1 Å². The highest BCUT2D eigenvalue weighted by atomic mass is 35.5. The van der Waals surface area contributed by atoms with Gasteiger partial charge in [0.05, 0.1) is 13.2 Å². The molecule has 3 nitrogen and oxygen atoms in total. The highest BCUT2D eigenvalue weighted by molar-refractivity contribution is 6.31. The topological polar surface area (TPSA) is 24.5 Å². The molecule has 1 unspecified atom stereocenters. The third-order valence-electron chi connectivity index (χ3n) is 3.18. The molecule has 0 saturated carbocycles. The molecule has 1 aromatic rings. The molecule has 1 atom stereocenters. The average molecular weight is 273 g/mol. The summed E-state index contributed by atoms with van der Waals surface area (Å²) < 4.78 is 18.5. The standard InChI is InChI=1S/C13H18ClFN2O/c1-16-7-12-9-18-5-4-17(12)8-10-2-3-11(15)6-13(10)14/h2-3,6,12,16H,4-5,7-9H2,1H3. The van der Waals surface area contributed by atoms with Gasteiger partial charge < -0.3 is 10.1 Å². The molecule has 1 aliphatic heterocycles. The number of rotatable bonds is 4. The summed E-state index contributed by atoms with van der Waals surface area (Å²) in [6.07, 6.45) is 0. The van der Waals surface area contributed by atoms with Gasteiger partial charge in [0, 0.05) is 30.7 Å². The molecule has 0 bridgehead atoms. The van der Waals surface area contributed by atoms with Gasteiger partial charge >= 0.3 is 0 Å². The molecule has 1 saturated heterocycles. The van der Waals surface area contributed by atoms with Crippen molar-refractivity contribution in [3.63, 3.8) is 0 Å². The van der Waals surface area contributed by atoms with Crippen molar-refractivity contribution in [1.82, 2.24) is 10.2 Å². The van der Waals surface area contributed by atoms with Crippen LogP contribution in [0.1, 0.15) is 5.56 Å². The first kappa shape index (κ1) is 13.7. The molecule has 0 spiro atoms. The van der Waals surface area contributed by atoms with E-state index in [0.717, 1.165) is 38.4 Å². The first-order chi connectivity index (χ1) is 8.70. The molecular formula is C13H18ClFN2O. The monoisotopic (exact) mass is 272 g/mol. The first-order valence-electron chi connectivity index (χ1n) is 6.11. The average Bonchev–Trinajstić information content (AvgIpc) is 2.35. The van der Waals surface area contributed by atoms with Crippen LogP contribution in [0.3, 0.4) is 0 Å². The molecule has 2 rings (SSSR count). The van der Waals surface area contributed by atoms with Gasteiger partial charge in [-0.2, -0.15) is 0 Å². The molecule has 0 aromatic heterocycles. The summed E-state index contributed by atoms with van der Waals surface area (Å²) >= 11 is 6.06. The molecule has 0 aliphatic carbocycles. The van der Waals surface area contributed by atoms with Gasteiger partial charge in [0.2, 0.25) is 0 Å². The van der Waals surface area contributed by atoms with Crippen LogP contribution in [-0.4, -0.2) is 44.3 Å². The van der Waals surface area contributed by atoms with Crippen LogP contribution >= 0.6 is 11.6 Å². The molecule has 1 heterocycles. The van der Waals surface area contributed by atoms with Gasteiger partial charge in [0.1, 0.15) is 5.82 Å². The van der Waals surface area contributed by atoms with Crippen LogP contribution in [0.4, 0.5) is 4.39 Å². The van der Waals surface area contributed by atoms with E-state index in [1.54, 1.807) is 6.07 Å². The van der Waals surface area contributed by atoms with Gasteiger partial charge in [0.25, 0.3) is 0 Å². The number of hydrogen-bond acceptors (Lipinski definition) is 3. The van der Waals surface area contributed by atoms with E-state index in [1.165, 1.54) is 12.1 Å². The molecular weight excluding hydrogens is 255 g/mol. The summed E-state index contributed by atoms with van der Waals surface area (Å²) in [6, 6.07) is 4.91. The zero-order valence-electron chi connectivity index (χ0n) is 10.5. The molecule has 18 heavy (non-hydrogen) atoms. The Balaban J connectivity index is 2.06. The van der Waals surface area contributed by atoms with Crippen molar-refractivity contribution in [3.05, 3.63) is 34.6 Å². The smallest absolute Gasteiger partial charge is 0.124 e. The Morgan fingerprint density at radius 1 is 1.56 bits per heavy atom. The Hall–Kier alpha value is -0.680. The van der Waals surface area contributed by atoms with Crippen molar-refractivity contribution in [2.24, 2.45) is 0 Å². The fourth-order valence-electron chi connectivity index (χ4n) is 2.19. The largest absolute Gasteiger partial charge is 0.378 e. The number of hydrogen-bond donors (Lipinski definition) is 1. The summed E-state index contributed by atoms with van der Waals surface area (Å²) in [4.78, 5) is 2.32. The van der Waals surface area contributed by atoms with E-state index in [2.05, 4.69) is 10.2 Å². The zero-order chi connectivity index (χ0) is 13.0. The van der Waals surface area contributed by atoms with Crippen LogP contribution in [0.25, 0.3) is 0 Å². The van der Waals surface area contributed by atoms with Crippen molar-refractivity contribution in [3.8, 4) is 0 Å².